The standard InChI is InChI=1S/C16H16ClNO4/c1-10-7-12(15(21-2)8-11(10)17)18-16(20)9-22-14-6-4-3-5-13(14)19/h3-8,19H,9H2,1-2H3,(H,18,20). The largest absolute Gasteiger partial charge is 0.504 e. The summed E-state index contributed by atoms with van der Waals surface area (Å²) in [7, 11) is 1.50. The maximum atomic E-state index is 12.0. The first kappa shape index (κ1) is 16.0. The molecule has 0 saturated carbocycles. The lowest BCUT2D eigenvalue weighted by Crippen LogP contribution is -2.20. The van der Waals surface area contributed by atoms with Crippen LogP contribution in [0, 0.1) is 6.92 Å². The van der Waals surface area contributed by atoms with Crippen LogP contribution in [0.1, 0.15) is 5.56 Å². The lowest BCUT2D eigenvalue weighted by atomic mass is 10.2. The number of aromatic hydroxyl groups is 1. The molecule has 5 nitrogen and oxygen atoms in total. The van der Waals surface area contributed by atoms with Crippen LogP contribution in [-0.2, 0) is 4.79 Å². The molecule has 0 aliphatic heterocycles. The van der Waals surface area contributed by atoms with E-state index in [4.69, 9.17) is 21.1 Å². The molecular formula is C16H16ClNO4. The minimum Gasteiger partial charge on any atom is -0.504 e. The average molecular weight is 322 g/mol. The molecule has 2 aromatic carbocycles. The summed E-state index contributed by atoms with van der Waals surface area (Å²) in [6, 6.07) is 9.80. The lowest BCUT2D eigenvalue weighted by Gasteiger charge is -2.13. The summed E-state index contributed by atoms with van der Waals surface area (Å²) >= 11 is 6.01. The Hall–Kier alpha value is -2.40. The third kappa shape index (κ3) is 3.83. The topological polar surface area (TPSA) is 67.8 Å². The van der Waals surface area contributed by atoms with Gasteiger partial charge in [0.05, 0.1) is 12.8 Å². The van der Waals surface area contributed by atoms with E-state index in [0.29, 0.717) is 16.5 Å². The Kier molecular flexibility index (Phi) is 5.12. The van der Waals surface area contributed by atoms with E-state index in [0.717, 1.165) is 5.56 Å². The van der Waals surface area contributed by atoms with Gasteiger partial charge in [-0.15, -0.1) is 0 Å². The zero-order valence-electron chi connectivity index (χ0n) is 12.2. The second-order valence-electron chi connectivity index (χ2n) is 4.61. The quantitative estimate of drug-likeness (QED) is 0.886. The molecule has 2 rings (SSSR count). The summed E-state index contributed by atoms with van der Waals surface area (Å²) in [6.07, 6.45) is 0. The fourth-order valence-electron chi connectivity index (χ4n) is 1.84. The highest BCUT2D eigenvalue weighted by atomic mass is 35.5. The second-order valence-corrected chi connectivity index (χ2v) is 5.01. The zero-order chi connectivity index (χ0) is 16.1. The highest BCUT2D eigenvalue weighted by Gasteiger charge is 2.11. The van der Waals surface area contributed by atoms with Crippen LogP contribution in [0.2, 0.25) is 5.02 Å². The fraction of sp³-hybridized carbons (Fsp3) is 0.188. The fourth-order valence-corrected chi connectivity index (χ4v) is 1.99. The van der Waals surface area contributed by atoms with Crippen LogP contribution >= 0.6 is 11.6 Å². The molecule has 116 valence electrons. The molecule has 0 aliphatic rings. The Bertz CT molecular complexity index is 688. The molecule has 0 unspecified atom stereocenters. The predicted octanol–water partition coefficient (Wildman–Crippen LogP) is 3.38. The van der Waals surface area contributed by atoms with Gasteiger partial charge in [-0.2, -0.15) is 0 Å². The Morgan fingerprint density at radius 3 is 2.68 bits per heavy atom. The Balaban J connectivity index is 2.03. The third-order valence-corrected chi connectivity index (χ3v) is 3.39. The van der Waals surface area contributed by atoms with Gasteiger partial charge in [0.15, 0.2) is 18.1 Å². The number of phenols is 1. The van der Waals surface area contributed by atoms with Gasteiger partial charge >= 0.3 is 0 Å². The van der Waals surface area contributed by atoms with Gasteiger partial charge in [0.1, 0.15) is 5.75 Å². The summed E-state index contributed by atoms with van der Waals surface area (Å²) in [4.78, 5) is 12.0. The van der Waals surface area contributed by atoms with E-state index >= 15 is 0 Å². The molecule has 1 amide bonds. The molecule has 0 radical (unpaired) electrons. The van der Waals surface area contributed by atoms with E-state index in [1.165, 1.54) is 13.2 Å². The van der Waals surface area contributed by atoms with Gasteiger partial charge in [0, 0.05) is 11.1 Å². The molecule has 0 fully saturated rings. The summed E-state index contributed by atoms with van der Waals surface area (Å²) in [6.45, 7) is 1.60. The monoisotopic (exact) mass is 321 g/mol. The van der Waals surface area contributed by atoms with Crippen LogP contribution in [0.15, 0.2) is 36.4 Å². The van der Waals surface area contributed by atoms with Crippen molar-refractivity contribution in [3.8, 4) is 17.2 Å². The van der Waals surface area contributed by atoms with Crippen molar-refractivity contribution in [1.82, 2.24) is 0 Å². The van der Waals surface area contributed by atoms with Crippen LogP contribution in [0.25, 0.3) is 0 Å². The van der Waals surface area contributed by atoms with Gasteiger partial charge < -0.3 is 19.9 Å². The molecule has 2 N–H and O–H groups in total. The predicted molar refractivity (Wildman–Crippen MR) is 85.0 cm³/mol. The number of methoxy groups -OCH3 is 1. The maximum Gasteiger partial charge on any atom is 0.262 e. The highest BCUT2D eigenvalue weighted by Crippen LogP contribution is 2.31. The third-order valence-electron chi connectivity index (χ3n) is 2.98. The number of ether oxygens (including phenoxy) is 2. The molecule has 0 spiro atoms. The first-order chi connectivity index (χ1) is 10.5. The molecule has 0 atom stereocenters. The number of amides is 1. The number of benzene rings is 2. The first-order valence-electron chi connectivity index (χ1n) is 6.56. The number of para-hydroxylation sites is 2. The number of anilines is 1. The van der Waals surface area contributed by atoms with E-state index in [-0.39, 0.29) is 24.0 Å². The number of halogens is 1. The Labute approximate surface area is 133 Å². The van der Waals surface area contributed by atoms with Gasteiger partial charge in [-0.25, -0.2) is 0 Å². The molecule has 0 aliphatic carbocycles. The van der Waals surface area contributed by atoms with Crippen LogP contribution in [0.5, 0.6) is 17.2 Å². The summed E-state index contributed by atoms with van der Waals surface area (Å²) in [5.74, 6) is 0.321. The smallest absolute Gasteiger partial charge is 0.262 e. The molecule has 22 heavy (non-hydrogen) atoms. The van der Waals surface area contributed by atoms with Crippen molar-refractivity contribution in [1.29, 1.82) is 0 Å². The Morgan fingerprint density at radius 2 is 2.00 bits per heavy atom. The van der Waals surface area contributed by atoms with Gasteiger partial charge in [0.2, 0.25) is 0 Å². The molecular weight excluding hydrogens is 306 g/mol. The van der Waals surface area contributed by atoms with Crippen LogP contribution in [-0.4, -0.2) is 24.7 Å². The molecule has 0 bridgehead atoms. The summed E-state index contributed by atoms with van der Waals surface area (Å²) in [5, 5.41) is 12.8. The molecule has 0 saturated heterocycles. The maximum absolute atomic E-state index is 12.0. The van der Waals surface area contributed by atoms with E-state index < -0.39 is 0 Å². The normalized spacial score (nSPS) is 10.1. The summed E-state index contributed by atoms with van der Waals surface area (Å²) < 4.78 is 10.5. The second kappa shape index (κ2) is 7.04. The number of carbonyl (C=O) groups is 1. The molecule has 0 aromatic heterocycles. The van der Waals surface area contributed by atoms with Crippen molar-refractivity contribution in [2.45, 2.75) is 6.92 Å². The molecule has 6 heteroatoms. The number of aryl methyl sites for hydroxylation is 1. The van der Waals surface area contributed by atoms with Crippen molar-refractivity contribution in [2.75, 3.05) is 19.0 Å². The number of carbonyl (C=O) groups excluding carboxylic acids is 1. The highest BCUT2D eigenvalue weighted by molar-refractivity contribution is 6.31. The van der Waals surface area contributed by atoms with Gasteiger partial charge in [-0.05, 0) is 30.7 Å². The first-order valence-corrected chi connectivity index (χ1v) is 6.94. The SMILES string of the molecule is COc1cc(Cl)c(C)cc1NC(=O)COc1ccccc1O. The van der Waals surface area contributed by atoms with Crippen LogP contribution in [0.4, 0.5) is 5.69 Å². The van der Waals surface area contributed by atoms with Gasteiger partial charge in [-0.1, -0.05) is 23.7 Å². The molecule has 0 heterocycles. The zero-order valence-corrected chi connectivity index (χ0v) is 13.0. The van der Waals surface area contributed by atoms with Crippen molar-refractivity contribution in [3.05, 3.63) is 47.0 Å². The Morgan fingerprint density at radius 1 is 1.27 bits per heavy atom. The van der Waals surface area contributed by atoms with Crippen molar-refractivity contribution in [2.24, 2.45) is 0 Å². The van der Waals surface area contributed by atoms with E-state index in [1.54, 1.807) is 30.3 Å². The van der Waals surface area contributed by atoms with E-state index in [9.17, 15) is 9.90 Å². The minimum absolute atomic E-state index is 0.0183. The van der Waals surface area contributed by atoms with Crippen LogP contribution < -0.4 is 14.8 Å². The van der Waals surface area contributed by atoms with Gasteiger partial charge in [-0.3, -0.25) is 4.79 Å². The molecule has 2 aromatic rings. The summed E-state index contributed by atoms with van der Waals surface area (Å²) in [5.41, 5.74) is 1.33. The average Bonchev–Trinajstić information content (AvgIpc) is 2.50. The minimum atomic E-state index is -0.372. The number of phenolic OH excluding ortho intramolecular Hbond substituents is 1. The number of rotatable bonds is 5. The van der Waals surface area contributed by atoms with Crippen LogP contribution in [0.3, 0.4) is 0 Å². The number of hydrogen-bond donors (Lipinski definition) is 2. The van der Waals surface area contributed by atoms with Crippen molar-refractivity contribution in [3.63, 3.8) is 0 Å². The van der Waals surface area contributed by atoms with Crippen molar-refractivity contribution < 1.29 is 19.4 Å². The van der Waals surface area contributed by atoms with Gasteiger partial charge in [0.25, 0.3) is 5.91 Å². The number of nitrogens with one attached hydrogen (secondary N) is 1. The number of hydrogen-bond acceptors (Lipinski definition) is 4. The lowest BCUT2D eigenvalue weighted by molar-refractivity contribution is -0.118. The van der Waals surface area contributed by atoms with Crippen molar-refractivity contribution >= 4 is 23.2 Å². The van der Waals surface area contributed by atoms with E-state index in [1.807, 2.05) is 6.92 Å². The van der Waals surface area contributed by atoms with E-state index in [2.05, 4.69) is 5.32 Å².